The first-order valence-corrected chi connectivity index (χ1v) is 7.31. The topological polar surface area (TPSA) is 76.1 Å². The van der Waals surface area contributed by atoms with Gasteiger partial charge in [0.25, 0.3) is 0 Å². The zero-order valence-corrected chi connectivity index (χ0v) is 13.0. The van der Waals surface area contributed by atoms with E-state index in [2.05, 4.69) is 0 Å². The molecule has 0 spiro atoms. The Bertz CT molecular complexity index is 563. The van der Waals surface area contributed by atoms with Crippen LogP contribution in [-0.4, -0.2) is 54.8 Å². The minimum atomic E-state index is -0.938. The van der Waals surface area contributed by atoms with Gasteiger partial charge in [-0.05, 0) is 12.1 Å². The third-order valence-electron chi connectivity index (χ3n) is 3.52. The molecule has 1 aliphatic rings. The van der Waals surface area contributed by atoms with E-state index in [4.69, 9.17) is 26.2 Å². The Morgan fingerprint density at radius 1 is 1.50 bits per heavy atom. The highest BCUT2D eigenvalue weighted by Gasteiger charge is 2.26. The summed E-state index contributed by atoms with van der Waals surface area (Å²) in [5.41, 5.74) is 0.637. The van der Waals surface area contributed by atoms with Crippen LogP contribution >= 0.6 is 11.6 Å². The molecule has 0 saturated carbocycles. The van der Waals surface area contributed by atoms with Gasteiger partial charge in [0.05, 0.1) is 32.7 Å². The fourth-order valence-corrected chi connectivity index (χ4v) is 2.66. The molecule has 22 heavy (non-hydrogen) atoms. The summed E-state index contributed by atoms with van der Waals surface area (Å²) in [7, 11) is 1.53. The highest BCUT2D eigenvalue weighted by Crippen LogP contribution is 2.27. The van der Waals surface area contributed by atoms with Crippen molar-refractivity contribution < 1.29 is 24.2 Å². The Morgan fingerprint density at radius 3 is 2.95 bits per heavy atom. The number of methoxy groups -OCH3 is 1. The van der Waals surface area contributed by atoms with Crippen molar-refractivity contribution in [3.8, 4) is 5.75 Å². The summed E-state index contributed by atoms with van der Waals surface area (Å²) in [6, 6.07) is 5.22. The van der Waals surface area contributed by atoms with Crippen LogP contribution in [0.25, 0.3) is 0 Å². The summed E-state index contributed by atoms with van der Waals surface area (Å²) < 4.78 is 10.6. The summed E-state index contributed by atoms with van der Waals surface area (Å²) in [4.78, 5) is 24.8. The van der Waals surface area contributed by atoms with Gasteiger partial charge in [-0.25, -0.2) is 0 Å². The molecule has 1 aromatic rings. The quantitative estimate of drug-likeness (QED) is 0.889. The first-order valence-electron chi connectivity index (χ1n) is 6.93. The van der Waals surface area contributed by atoms with Gasteiger partial charge in [0.2, 0.25) is 5.91 Å². The van der Waals surface area contributed by atoms with Crippen molar-refractivity contribution in [2.24, 2.45) is 0 Å². The molecule has 1 aromatic carbocycles. The molecule has 1 heterocycles. The zero-order valence-electron chi connectivity index (χ0n) is 12.3. The number of ether oxygens (including phenoxy) is 2. The number of carboxylic acid groups (broad SMARTS) is 1. The lowest BCUT2D eigenvalue weighted by molar-refractivity contribution is -0.147. The number of aliphatic carboxylic acids is 1. The predicted molar refractivity (Wildman–Crippen MR) is 80.3 cm³/mol. The van der Waals surface area contributed by atoms with Crippen LogP contribution < -0.4 is 4.74 Å². The lowest BCUT2D eigenvalue weighted by Crippen LogP contribution is -2.46. The molecule has 0 radical (unpaired) electrons. The van der Waals surface area contributed by atoms with Crippen LogP contribution in [0.4, 0.5) is 0 Å². The molecular formula is C15H18ClNO5. The fraction of sp³-hybridized carbons (Fsp3) is 0.467. The Labute approximate surface area is 133 Å². The van der Waals surface area contributed by atoms with Crippen molar-refractivity contribution in [1.29, 1.82) is 0 Å². The van der Waals surface area contributed by atoms with E-state index in [1.165, 1.54) is 7.11 Å². The summed E-state index contributed by atoms with van der Waals surface area (Å²) >= 11 is 6.14. The van der Waals surface area contributed by atoms with Gasteiger partial charge in [-0.1, -0.05) is 17.7 Å². The molecule has 1 saturated heterocycles. The maximum atomic E-state index is 12.4. The number of carbonyl (C=O) groups is 2. The molecule has 1 aliphatic heterocycles. The normalized spacial score (nSPS) is 18.1. The second-order valence-corrected chi connectivity index (χ2v) is 5.44. The molecule has 120 valence electrons. The van der Waals surface area contributed by atoms with E-state index in [-0.39, 0.29) is 25.3 Å². The average molecular weight is 328 g/mol. The zero-order chi connectivity index (χ0) is 16.1. The smallest absolute Gasteiger partial charge is 0.306 e. The molecule has 0 aliphatic carbocycles. The lowest BCUT2D eigenvalue weighted by atomic mass is 10.1. The first kappa shape index (κ1) is 16.6. The van der Waals surface area contributed by atoms with E-state index >= 15 is 0 Å². The number of carbonyl (C=O) groups excluding carboxylic acids is 1. The number of benzene rings is 1. The Morgan fingerprint density at radius 2 is 2.27 bits per heavy atom. The monoisotopic (exact) mass is 327 g/mol. The van der Waals surface area contributed by atoms with Gasteiger partial charge in [0, 0.05) is 23.7 Å². The van der Waals surface area contributed by atoms with Crippen LogP contribution in [0.1, 0.15) is 12.0 Å². The number of rotatable bonds is 5. The third kappa shape index (κ3) is 4.11. The lowest BCUT2D eigenvalue weighted by Gasteiger charge is -2.32. The molecular weight excluding hydrogens is 310 g/mol. The molecule has 1 fully saturated rings. The molecule has 1 amide bonds. The molecule has 7 heteroatoms. The summed E-state index contributed by atoms with van der Waals surface area (Å²) in [5, 5.41) is 9.29. The summed E-state index contributed by atoms with van der Waals surface area (Å²) in [6.07, 6.45) is -0.467. The largest absolute Gasteiger partial charge is 0.496 e. The standard InChI is InChI=1S/C15H18ClNO5/c1-21-13-4-2-3-12(16)11(13)8-14(18)17-5-6-22-10(9-17)7-15(19)20/h2-4,10H,5-9H2,1H3,(H,19,20). The van der Waals surface area contributed by atoms with E-state index in [1.807, 2.05) is 0 Å². The minimum absolute atomic E-state index is 0.112. The molecule has 0 aromatic heterocycles. The van der Waals surface area contributed by atoms with Gasteiger partial charge in [-0.2, -0.15) is 0 Å². The Kier molecular flexibility index (Phi) is 5.63. The van der Waals surface area contributed by atoms with Gasteiger partial charge in [0.1, 0.15) is 5.75 Å². The molecule has 1 N–H and O–H groups in total. The van der Waals surface area contributed by atoms with Crippen molar-refractivity contribution >= 4 is 23.5 Å². The van der Waals surface area contributed by atoms with Gasteiger partial charge in [0.15, 0.2) is 0 Å². The number of amides is 1. The van der Waals surface area contributed by atoms with E-state index < -0.39 is 12.1 Å². The van der Waals surface area contributed by atoms with Crippen molar-refractivity contribution in [3.63, 3.8) is 0 Å². The third-order valence-corrected chi connectivity index (χ3v) is 3.87. The predicted octanol–water partition coefficient (Wildman–Crippen LogP) is 1.59. The van der Waals surface area contributed by atoms with Crippen molar-refractivity contribution in [2.75, 3.05) is 26.8 Å². The Hall–Kier alpha value is -1.79. The number of hydrogen-bond acceptors (Lipinski definition) is 4. The number of morpholine rings is 1. The number of nitrogens with zero attached hydrogens (tertiary/aromatic N) is 1. The minimum Gasteiger partial charge on any atom is -0.496 e. The van der Waals surface area contributed by atoms with Crippen molar-refractivity contribution in [1.82, 2.24) is 4.90 Å². The highest BCUT2D eigenvalue weighted by atomic mass is 35.5. The van der Waals surface area contributed by atoms with Crippen molar-refractivity contribution in [2.45, 2.75) is 18.9 Å². The second kappa shape index (κ2) is 7.47. The van der Waals surface area contributed by atoms with Crippen LogP contribution in [0.15, 0.2) is 18.2 Å². The summed E-state index contributed by atoms with van der Waals surface area (Å²) in [5.74, 6) is -0.492. The van der Waals surface area contributed by atoms with E-state index in [1.54, 1.807) is 23.1 Å². The van der Waals surface area contributed by atoms with Crippen LogP contribution in [-0.2, 0) is 20.7 Å². The molecule has 6 nitrogen and oxygen atoms in total. The SMILES string of the molecule is COc1cccc(Cl)c1CC(=O)N1CCOC(CC(=O)O)C1. The van der Waals surface area contributed by atoms with Gasteiger partial charge >= 0.3 is 5.97 Å². The van der Waals surface area contributed by atoms with Gasteiger partial charge < -0.3 is 19.5 Å². The van der Waals surface area contributed by atoms with Gasteiger partial charge in [-0.3, -0.25) is 9.59 Å². The van der Waals surface area contributed by atoms with E-state index in [0.29, 0.717) is 29.5 Å². The molecule has 1 atom stereocenters. The van der Waals surface area contributed by atoms with Crippen LogP contribution in [0.2, 0.25) is 5.02 Å². The van der Waals surface area contributed by atoms with Crippen molar-refractivity contribution in [3.05, 3.63) is 28.8 Å². The second-order valence-electron chi connectivity index (χ2n) is 5.03. The van der Waals surface area contributed by atoms with Gasteiger partial charge in [-0.15, -0.1) is 0 Å². The molecule has 1 unspecified atom stereocenters. The van der Waals surface area contributed by atoms with E-state index in [0.717, 1.165) is 0 Å². The van der Waals surface area contributed by atoms with E-state index in [9.17, 15) is 9.59 Å². The maximum Gasteiger partial charge on any atom is 0.306 e. The van der Waals surface area contributed by atoms with Crippen LogP contribution in [0.5, 0.6) is 5.75 Å². The molecule has 2 rings (SSSR count). The van der Waals surface area contributed by atoms with Crippen LogP contribution in [0, 0.1) is 0 Å². The first-order chi connectivity index (χ1) is 10.5. The molecule has 0 bridgehead atoms. The highest BCUT2D eigenvalue weighted by molar-refractivity contribution is 6.31. The number of hydrogen-bond donors (Lipinski definition) is 1. The van der Waals surface area contributed by atoms with Crippen LogP contribution in [0.3, 0.4) is 0 Å². The fourth-order valence-electron chi connectivity index (χ4n) is 2.43. The Balaban J connectivity index is 2.04. The number of halogens is 1. The summed E-state index contributed by atoms with van der Waals surface area (Å²) in [6.45, 7) is 1.06. The maximum absolute atomic E-state index is 12.4. The number of carboxylic acids is 1. The average Bonchev–Trinajstić information content (AvgIpc) is 2.48.